The molecule has 0 unspecified atom stereocenters. The van der Waals surface area contributed by atoms with Crippen LogP contribution >= 0.6 is 0 Å². The average Bonchev–Trinajstić information content (AvgIpc) is 3.20. The van der Waals surface area contributed by atoms with Crippen LogP contribution in [0.15, 0.2) is 67.0 Å². The largest absolute Gasteiger partial charge is 0.490 e. The summed E-state index contributed by atoms with van der Waals surface area (Å²) in [4.78, 5) is 15.0. The van der Waals surface area contributed by atoms with Gasteiger partial charge in [-0.15, -0.1) is 0 Å². The molecule has 1 aromatic heterocycles. The Morgan fingerprint density at radius 1 is 1.10 bits per heavy atom. The van der Waals surface area contributed by atoms with Gasteiger partial charge in [0, 0.05) is 50.6 Å². The first-order chi connectivity index (χ1) is 15.2. The van der Waals surface area contributed by atoms with E-state index in [1.807, 2.05) is 60.4 Å². The first-order valence-corrected chi connectivity index (χ1v) is 10.9. The van der Waals surface area contributed by atoms with Crippen LogP contribution < -0.4 is 10.1 Å². The predicted molar refractivity (Wildman–Crippen MR) is 121 cm³/mol. The molecular formula is C25H30N4O2. The first-order valence-electron chi connectivity index (χ1n) is 10.9. The van der Waals surface area contributed by atoms with E-state index in [0.717, 1.165) is 44.6 Å². The molecule has 0 aliphatic carbocycles. The molecule has 0 radical (unpaired) electrons. The van der Waals surface area contributed by atoms with Gasteiger partial charge in [-0.1, -0.05) is 36.4 Å². The highest BCUT2D eigenvalue weighted by molar-refractivity contribution is 5.94. The Labute approximate surface area is 183 Å². The number of carbonyl (C=O) groups excluding carboxylic acids is 1. The summed E-state index contributed by atoms with van der Waals surface area (Å²) in [6.07, 6.45) is 6.96. The number of ether oxygens (including phenoxy) is 1. The number of nitrogens with one attached hydrogen (secondary N) is 1. The van der Waals surface area contributed by atoms with Crippen molar-refractivity contribution in [1.82, 2.24) is 20.0 Å². The minimum absolute atomic E-state index is 0.0623. The third kappa shape index (κ3) is 6.18. The molecule has 1 saturated heterocycles. The van der Waals surface area contributed by atoms with E-state index >= 15 is 0 Å². The Hall–Kier alpha value is -3.12. The zero-order valence-corrected chi connectivity index (χ0v) is 18.0. The normalized spacial score (nSPS) is 15.0. The average molecular weight is 419 g/mol. The van der Waals surface area contributed by atoms with E-state index in [9.17, 15) is 4.79 Å². The maximum atomic E-state index is 12.5. The Morgan fingerprint density at radius 3 is 2.65 bits per heavy atom. The van der Waals surface area contributed by atoms with Gasteiger partial charge < -0.3 is 10.1 Å². The molecule has 1 N–H and O–H groups in total. The molecule has 1 amide bonds. The molecule has 2 aromatic carbocycles. The summed E-state index contributed by atoms with van der Waals surface area (Å²) in [6, 6.07) is 17.7. The minimum Gasteiger partial charge on any atom is -0.490 e. The molecule has 4 rings (SSSR count). The third-order valence-corrected chi connectivity index (χ3v) is 5.64. The Kier molecular flexibility index (Phi) is 6.99. The summed E-state index contributed by atoms with van der Waals surface area (Å²) in [5, 5.41) is 7.24. The summed E-state index contributed by atoms with van der Waals surface area (Å²) < 4.78 is 8.04. The molecule has 6 heteroatoms. The van der Waals surface area contributed by atoms with Gasteiger partial charge in [-0.05, 0) is 43.0 Å². The van der Waals surface area contributed by atoms with Crippen molar-refractivity contribution in [2.45, 2.75) is 31.9 Å². The Bertz CT molecular complexity index is 978. The molecule has 1 aliphatic heterocycles. The van der Waals surface area contributed by atoms with Gasteiger partial charge in [0.2, 0.25) is 0 Å². The standard InChI is InChI=1S/C25H30N4O2/c1-28-18-21(17-27-28)19-29-14-11-23(12-15-29)31-24-9-5-8-22(16-24)25(30)26-13-10-20-6-3-2-4-7-20/h2-9,16-18,23H,10-15,19H2,1H3,(H,26,30). The Balaban J connectivity index is 1.23. The number of carbonyl (C=O) groups is 1. The van der Waals surface area contributed by atoms with Crippen molar-refractivity contribution in [1.29, 1.82) is 0 Å². The van der Waals surface area contributed by atoms with Crippen molar-refractivity contribution in [3.63, 3.8) is 0 Å². The predicted octanol–water partition coefficient (Wildman–Crippen LogP) is 3.44. The SMILES string of the molecule is Cn1cc(CN2CCC(Oc3cccc(C(=O)NCCc4ccccc4)c3)CC2)cn1. The summed E-state index contributed by atoms with van der Waals surface area (Å²) in [5.41, 5.74) is 3.10. The van der Waals surface area contributed by atoms with Gasteiger partial charge in [0.15, 0.2) is 0 Å². The minimum atomic E-state index is -0.0623. The van der Waals surface area contributed by atoms with Crippen LogP contribution in [-0.4, -0.2) is 46.3 Å². The van der Waals surface area contributed by atoms with Gasteiger partial charge in [0.05, 0.1) is 6.20 Å². The number of nitrogens with zero attached hydrogens (tertiary/aromatic N) is 3. The maximum Gasteiger partial charge on any atom is 0.251 e. The van der Waals surface area contributed by atoms with Gasteiger partial charge >= 0.3 is 0 Å². The molecular weight excluding hydrogens is 388 g/mol. The van der Waals surface area contributed by atoms with Crippen LogP contribution in [-0.2, 0) is 20.0 Å². The molecule has 1 fully saturated rings. The molecule has 0 bridgehead atoms. The molecule has 3 aromatic rings. The van der Waals surface area contributed by atoms with E-state index in [-0.39, 0.29) is 12.0 Å². The smallest absolute Gasteiger partial charge is 0.251 e. The number of amides is 1. The lowest BCUT2D eigenvalue weighted by molar-refractivity contribution is 0.0937. The molecule has 2 heterocycles. The lowest BCUT2D eigenvalue weighted by atomic mass is 10.1. The fourth-order valence-electron chi connectivity index (χ4n) is 3.97. The maximum absolute atomic E-state index is 12.5. The molecule has 6 nitrogen and oxygen atoms in total. The fraction of sp³-hybridized carbons (Fsp3) is 0.360. The van der Waals surface area contributed by atoms with E-state index in [1.54, 1.807) is 0 Å². The summed E-state index contributed by atoms with van der Waals surface area (Å²) in [7, 11) is 1.95. The van der Waals surface area contributed by atoms with Crippen LogP contribution in [0.5, 0.6) is 5.75 Å². The number of aromatic nitrogens is 2. The monoisotopic (exact) mass is 418 g/mol. The summed E-state index contributed by atoms with van der Waals surface area (Å²) in [5.74, 6) is 0.703. The summed E-state index contributed by atoms with van der Waals surface area (Å²) in [6.45, 7) is 3.54. The molecule has 0 atom stereocenters. The molecule has 162 valence electrons. The molecule has 31 heavy (non-hydrogen) atoms. The van der Waals surface area contributed by atoms with Crippen LogP contribution in [0.1, 0.15) is 34.3 Å². The quantitative estimate of drug-likeness (QED) is 0.609. The lowest BCUT2D eigenvalue weighted by Crippen LogP contribution is -2.37. The third-order valence-electron chi connectivity index (χ3n) is 5.64. The van der Waals surface area contributed by atoms with Crippen molar-refractivity contribution >= 4 is 5.91 Å². The van der Waals surface area contributed by atoms with Crippen molar-refractivity contribution in [2.24, 2.45) is 7.05 Å². The zero-order valence-electron chi connectivity index (χ0n) is 18.0. The van der Waals surface area contributed by atoms with Crippen LogP contribution in [0.3, 0.4) is 0 Å². The zero-order chi connectivity index (χ0) is 21.5. The number of aryl methyl sites for hydroxylation is 1. The van der Waals surface area contributed by atoms with Crippen LogP contribution in [0.25, 0.3) is 0 Å². The highest BCUT2D eigenvalue weighted by atomic mass is 16.5. The van der Waals surface area contributed by atoms with Crippen molar-refractivity contribution < 1.29 is 9.53 Å². The summed E-state index contributed by atoms with van der Waals surface area (Å²) >= 11 is 0. The number of piperidine rings is 1. The van der Waals surface area contributed by atoms with Gasteiger partial charge in [0.1, 0.15) is 11.9 Å². The second-order valence-electron chi connectivity index (χ2n) is 8.13. The van der Waals surface area contributed by atoms with E-state index < -0.39 is 0 Å². The number of likely N-dealkylation sites (tertiary alicyclic amines) is 1. The fourth-order valence-corrected chi connectivity index (χ4v) is 3.97. The van der Waals surface area contributed by atoms with Gasteiger partial charge in [-0.3, -0.25) is 14.4 Å². The highest BCUT2D eigenvalue weighted by Gasteiger charge is 2.21. The van der Waals surface area contributed by atoms with E-state index in [2.05, 4.69) is 33.6 Å². The first kappa shape index (κ1) is 21.1. The lowest BCUT2D eigenvalue weighted by Gasteiger charge is -2.31. The highest BCUT2D eigenvalue weighted by Crippen LogP contribution is 2.21. The van der Waals surface area contributed by atoms with Gasteiger partial charge in [0.25, 0.3) is 5.91 Å². The van der Waals surface area contributed by atoms with E-state index in [0.29, 0.717) is 12.1 Å². The number of hydrogen-bond donors (Lipinski definition) is 1. The molecule has 1 aliphatic rings. The number of benzene rings is 2. The molecule has 0 spiro atoms. The van der Waals surface area contributed by atoms with Crippen molar-refractivity contribution in [2.75, 3.05) is 19.6 Å². The van der Waals surface area contributed by atoms with Crippen LogP contribution in [0.2, 0.25) is 0 Å². The van der Waals surface area contributed by atoms with E-state index in [4.69, 9.17) is 4.74 Å². The Morgan fingerprint density at radius 2 is 1.90 bits per heavy atom. The van der Waals surface area contributed by atoms with Crippen molar-refractivity contribution in [3.05, 3.63) is 83.7 Å². The van der Waals surface area contributed by atoms with Crippen molar-refractivity contribution in [3.8, 4) is 5.75 Å². The number of hydrogen-bond acceptors (Lipinski definition) is 4. The van der Waals surface area contributed by atoms with Crippen LogP contribution in [0.4, 0.5) is 0 Å². The van der Waals surface area contributed by atoms with E-state index in [1.165, 1.54) is 11.1 Å². The second-order valence-corrected chi connectivity index (χ2v) is 8.13. The second kappa shape index (κ2) is 10.3. The van der Waals surface area contributed by atoms with Gasteiger partial charge in [-0.2, -0.15) is 5.10 Å². The number of rotatable bonds is 8. The van der Waals surface area contributed by atoms with Crippen LogP contribution in [0, 0.1) is 0 Å². The van der Waals surface area contributed by atoms with Gasteiger partial charge in [-0.25, -0.2) is 0 Å². The topological polar surface area (TPSA) is 59.4 Å². The molecule has 0 saturated carbocycles.